The SMILES string of the molecule is CC(C)(C)c1cc(O)cc(C(C)(C)C)c1-c1ccc[nH]1. The van der Waals surface area contributed by atoms with Gasteiger partial charge in [-0.25, -0.2) is 0 Å². The van der Waals surface area contributed by atoms with Crippen molar-refractivity contribution >= 4 is 0 Å². The Balaban J connectivity index is 2.85. The molecule has 0 fully saturated rings. The Kier molecular flexibility index (Phi) is 3.45. The zero-order valence-corrected chi connectivity index (χ0v) is 13.3. The fraction of sp³-hybridized carbons (Fsp3) is 0.444. The van der Waals surface area contributed by atoms with Crippen molar-refractivity contribution in [2.75, 3.05) is 0 Å². The van der Waals surface area contributed by atoms with E-state index in [4.69, 9.17) is 0 Å². The monoisotopic (exact) mass is 271 g/mol. The molecule has 0 unspecified atom stereocenters. The predicted molar refractivity (Wildman–Crippen MR) is 85.3 cm³/mol. The van der Waals surface area contributed by atoms with Gasteiger partial charge in [-0.1, -0.05) is 41.5 Å². The van der Waals surface area contributed by atoms with E-state index >= 15 is 0 Å². The fourth-order valence-electron chi connectivity index (χ4n) is 2.59. The Labute approximate surface area is 121 Å². The van der Waals surface area contributed by atoms with Crippen LogP contribution in [0.2, 0.25) is 0 Å². The van der Waals surface area contributed by atoms with Gasteiger partial charge in [-0.05, 0) is 46.2 Å². The Hall–Kier alpha value is -1.70. The maximum absolute atomic E-state index is 10.1. The molecule has 0 amide bonds. The molecule has 0 atom stereocenters. The van der Waals surface area contributed by atoms with E-state index in [0.29, 0.717) is 5.75 Å². The van der Waals surface area contributed by atoms with Crippen LogP contribution in [-0.2, 0) is 10.8 Å². The first-order valence-electron chi connectivity index (χ1n) is 7.12. The van der Waals surface area contributed by atoms with E-state index < -0.39 is 0 Å². The van der Waals surface area contributed by atoms with Gasteiger partial charge in [0.2, 0.25) is 0 Å². The van der Waals surface area contributed by atoms with Gasteiger partial charge in [-0.3, -0.25) is 0 Å². The molecule has 2 aromatic rings. The lowest BCUT2D eigenvalue weighted by molar-refractivity contribution is 0.466. The summed E-state index contributed by atoms with van der Waals surface area (Å²) in [6, 6.07) is 7.90. The predicted octanol–water partition coefficient (Wildman–Crippen LogP) is 4.98. The molecule has 1 aromatic carbocycles. The van der Waals surface area contributed by atoms with Crippen molar-refractivity contribution in [3.8, 4) is 17.0 Å². The van der Waals surface area contributed by atoms with Gasteiger partial charge in [0.1, 0.15) is 5.75 Å². The van der Waals surface area contributed by atoms with Gasteiger partial charge in [-0.2, -0.15) is 0 Å². The Bertz CT molecular complexity index is 560. The minimum atomic E-state index is -0.0286. The third kappa shape index (κ3) is 2.74. The van der Waals surface area contributed by atoms with Crippen LogP contribution >= 0.6 is 0 Å². The van der Waals surface area contributed by atoms with Crippen LogP contribution < -0.4 is 0 Å². The molecule has 0 saturated heterocycles. The molecular formula is C18H25NO. The smallest absolute Gasteiger partial charge is 0.116 e. The van der Waals surface area contributed by atoms with Crippen LogP contribution in [0.15, 0.2) is 30.5 Å². The lowest BCUT2D eigenvalue weighted by atomic mass is 9.75. The molecule has 1 heterocycles. The molecule has 0 saturated carbocycles. The molecule has 2 rings (SSSR count). The third-order valence-electron chi connectivity index (χ3n) is 3.61. The zero-order valence-electron chi connectivity index (χ0n) is 13.3. The van der Waals surface area contributed by atoms with Crippen LogP contribution in [0.3, 0.4) is 0 Å². The molecule has 20 heavy (non-hydrogen) atoms. The van der Waals surface area contributed by atoms with Crippen molar-refractivity contribution in [1.82, 2.24) is 4.98 Å². The van der Waals surface area contributed by atoms with Crippen LogP contribution in [0.4, 0.5) is 0 Å². The van der Waals surface area contributed by atoms with Gasteiger partial charge in [0.15, 0.2) is 0 Å². The minimum Gasteiger partial charge on any atom is -0.508 e. The van der Waals surface area contributed by atoms with Crippen LogP contribution in [0.1, 0.15) is 52.7 Å². The molecule has 0 spiro atoms. The first kappa shape index (κ1) is 14.7. The molecular weight excluding hydrogens is 246 g/mol. The fourth-order valence-corrected chi connectivity index (χ4v) is 2.59. The average Bonchev–Trinajstić information content (AvgIpc) is 2.78. The molecule has 108 valence electrons. The number of nitrogens with one attached hydrogen (secondary N) is 1. The van der Waals surface area contributed by atoms with E-state index in [1.54, 1.807) is 0 Å². The maximum Gasteiger partial charge on any atom is 0.116 e. The van der Waals surface area contributed by atoms with E-state index in [-0.39, 0.29) is 10.8 Å². The van der Waals surface area contributed by atoms with Gasteiger partial charge >= 0.3 is 0 Å². The van der Waals surface area contributed by atoms with E-state index in [1.807, 2.05) is 24.4 Å². The Morgan fingerprint density at radius 1 is 0.900 bits per heavy atom. The highest BCUT2D eigenvalue weighted by Crippen LogP contribution is 2.42. The summed E-state index contributed by atoms with van der Waals surface area (Å²) in [5.41, 5.74) is 4.61. The largest absolute Gasteiger partial charge is 0.508 e. The van der Waals surface area contributed by atoms with Gasteiger partial charge in [0.05, 0.1) is 0 Å². The van der Waals surface area contributed by atoms with Gasteiger partial charge < -0.3 is 10.1 Å². The van der Waals surface area contributed by atoms with Crippen molar-refractivity contribution in [3.63, 3.8) is 0 Å². The molecule has 1 aromatic heterocycles. The van der Waals surface area contributed by atoms with Gasteiger partial charge in [0.25, 0.3) is 0 Å². The molecule has 0 aliphatic carbocycles. The van der Waals surface area contributed by atoms with Crippen LogP contribution in [0, 0.1) is 0 Å². The van der Waals surface area contributed by atoms with Crippen molar-refractivity contribution < 1.29 is 5.11 Å². The first-order chi connectivity index (χ1) is 9.10. The third-order valence-corrected chi connectivity index (χ3v) is 3.61. The average molecular weight is 271 g/mol. The van der Waals surface area contributed by atoms with Crippen molar-refractivity contribution in [3.05, 3.63) is 41.6 Å². The highest BCUT2D eigenvalue weighted by molar-refractivity contribution is 5.72. The van der Waals surface area contributed by atoms with Crippen LogP contribution in [0.5, 0.6) is 5.75 Å². The summed E-state index contributed by atoms with van der Waals surface area (Å²) in [7, 11) is 0. The number of phenols is 1. The number of benzene rings is 1. The summed E-state index contributed by atoms with van der Waals surface area (Å²) in [5.74, 6) is 0.343. The van der Waals surface area contributed by atoms with E-state index in [9.17, 15) is 5.11 Å². The van der Waals surface area contributed by atoms with Gasteiger partial charge in [-0.15, -0.1) is 0 Å². The number of aromatic nitrogens is 1. The van der Waals surface area contributed by atoms with E-state index in [2.05, 4.69) is 52.6 Å². The second kappa shape index (κ2) is 4.69. The quantitative estimate of drug-likeness (QED) is 0.753. The standard InChI is InChI=1S/C18H25NO/c1-17(2,3)13-10-12(20)11-14(18(4,5)6)16(13)15-8-7-9-19-15/h7-11,19-20H,1-6H3. The number of aromatic amines is 1. The topological polar surface area (TPSA) is 36.0 Å². The van der Waals surface area contributed by atoms with Crippen LogP contribution in [-0.4, -0.2) is 10.1 Å². The molecule has 2 heteroatoms. The maximum atomic E-state index is 10.1. The lowest BCUT2D eigenvalue weighted by Gasteiger charge is -2.30. The summed E-state index contributed by atoms with van der Waals surface area (Å²) in [4.78, 5) is 3.32. The zero-order chi connectivity index (χ0) is 15.1. The lowest BCUT2D eigenvalue weighted by Crippen LogP contribution is -2.19. The Morgan fingerprint density at radius 3 is 1.75 bits per heavy atom. The highest BCUT2D eigenvalue weighted by atomic mass is 16.3. The second-order valence-electron chi connectivity index (χ2n) is 7.50. The van der Waals surface area contributed by atoms with Crippen molar-refractivity contribution in [2.24, 2.45) is 0 Å². The summed E-state index contributed by atoms with van der Waals surface area (Å²) < 4.78 is 0. The highest BCUT2D eigenvalue weighted by Gasteiger charge is 2.27. The van der Waals surface area contributed by atoms with E-state index in [1.165, 1.54) is 16.7 Å². The number of hydrogen-bond donors (Lipinski definition) is 2. The molecule has 0 aliphatic rings. The molecule has 0 bridgehead atoms. The number of phenolic OH excluding ortho intramolecular Hbond substituents is 1. The van der Waals surface area contributed by atoms with Crippen molar-refractivity contribution in [2.45, 2.75) is 52.4 Å². The minimum absolute atomic E-state index is 0.0286. The molecule has 0 radical (unpaired) electrons. The first-order valence-corrected chi connectivity index (χ1v) is 7.12. The number of H-pyrrole nitrogens is 1. The Morgan fingerprint density at radius 2 is 1.40 bits per heavy atom. The van der Waals surface area contributed by atoms with Crippen molar-refractivity contribution in [1.29, 1.82) is 0 Å². The number of rotatable bonds is 1. The summed E-state index contributed by atoms with van der Waals surface area (Å²) in [6.07, 6.45) is 1.95. The number of aromatic hydroxyl groups is 1. The second-order valence-corrected chi connectivity index (χ2v) is 7.50. The summed E-state index contributed by atoms with van der Waals surface area (Å²) in [6.45, 7) is 13.1. The summed E-state index contributed by atoms with van der Waals surface area (Å²) >= 11 is 0. The molecule has 0 aliphatic heterocycles. The molecule has 2 N–H and O–H groups in total. The van der Waals surface area contributed by atoms with E-state index in [0.717, 1.165) is 5.69 Å². The van der Waals surface area contributed by atoms with Crippen LogP contribution in [0.25, 0.3) is 11.3 Å². The number of hydrogen-bond acceptors (Lipinski definition) is 1. The summed E-state index contributed by atoms with van der Waals surface area (Å²) in [5, 5.41) is 10.1. The molecule has 2 nitrogen and oxygen atoms in total. The normalized spacial score (nSPS) is 12.7. The van der Waals surface area contributed by atoms with Gasteiger partial charge in [0, 0.05) is 17.5 Å².